The molecule has 96 valence electrons. The molecule has 2 rings (SSSR count). The molecule has 1 fully saturated rings. The number of ether oxygens (including phenoxy) is 1. The van der Waals surface area contributed by atoms with Crippen molar-refractivity contribution in [2.75, 3.05) is 20.3 Å². The number of methoxy groups -OCH3 is 1. The molecule has 0 aromatic heterocycles. The van der Waals surface area contributed by atoms with Gasteiger partial charge in [0.2, 0.25) is 5.91 Å². The first-order valence-electron chi connectivity index (χ1n) is 6.33. The molecule has 0 saturated heterocycles. The van der Waals surface area contributed by atoms with E-state index in [1.807, 2.05) is 0 Å². The molecule has 0 spiro atoms. The summed E-state index contributed by atoms with van der Waals surface area (Å²) < 4.78 is 5.04. The summed E-state index contributed by atoms with van der Waals surface area (Å²) in [6, 6.07) is -0.0689. The summed E-state index contributed by atoms with van der Waals surface area (Å²) in [5.74, 6) is 1.28. The van der Waals surface area contributed by atoms with Crippen molar-refractivity contribution in [3.63, 3.8) is 0 Å². The molecule has 1 saturated carbocycles. The van der Waals surface area contributed by atoms with Gasteiger partial charge >= 0.3 is 0 Å². The van der Waals surface area contributed by atoms with Gasteiger partial charge in [-0.05, 0) is 31.1 Å². The SMILES string of the molecule is COCC(CCO)NC(=O)C1CC2C=CC1C2. The highest BCUT2D eigenvalue weighted by Gasteiger charge is 2.40. The average molecular weight is 239 g/mol. The molecule has 4 nitrogen and oxygen atoms in total. The molecule has 4 heteroatoms. The molecule has 4 atom stereocenters. The Hall–Kier alpha value is -0.870. The number of fused-ring (bicyclic) bond motifs is 2. The van der Waals surface area contributed by atoms with E-state index in [0.29, 0.717) is 24.9 Å². The van der Waals surface area contributed by atoms with Crippen LogP contribution in [0.25, 0.3) is 0 Å². The van der Waals surface area contributed by atoms with E-state index < -0.39 is 0 Å². The molecule has 0 heterocycles. The molecule has 0 aromatic carbocycles. The second-order valence-electron chi connectivity index (χ2n) is 5.06. The van der Waals surface area contributed by atoms with Crippen LogP contribution in [0.3, 0.4) is 0 Å². The van der Waals surface area contributed by atoms with Gasteiger partial charge in [0.1, 0.15) is 0 Å². The second-order valence-corrected chi connectivity index (χ2v) is 5.06. The van der Waals surface area contributed by atoms with Crippen LogP contribution in [0, 0.1) is 17.8 Å². The van der Waals surface area contributed by atoms with Gasteiger partial charge in [0, 0.05) is 19.6 Å². The van der Waals surface area contributed by atoms with E-state index in [4.69, 9.17) is 9.84 Å². The van der Waals surface area contributed by atoms with Crippen LogP contribution in [0.1, 0.15) is 19.3 Å². The average Bonchev–Trinajstić information content (AvgIpc) is 2.91. The maximum absolute atomic E-state index is 12.1. The molecule has 4 unspecified atom stereocenters. The van der Waals surface area contributed by atoms with Crippen LogP contribution in [0.15, 0.2) is 12.2 Å². The molecule has 0 aromatic rings. The number of carbonyl (C=O) groups is 1. The Labute approximate surface area is 102 Å². The number of hydrogen-bond donors (Lipinski definition) is 2. The molecular formula is C13H21NO3. The number of allylic oxidation sites excluding steroid dienone is 2. The summed E-state index contributed by atoms with van der Waals surface area (Å²) in [6.07, 6.45) is 7.07. The van der Waals surface area contributed by atoms with Crippen LogP contribution in [0.2, 0.25) is 0 Å². The fourth-order valence-electron chi connectivity index (χ4n) is 2.94. The minimum Gasteiger partial charge on any atom is -0.396 e. The predicted molar refractivity (Wildman–Crippen MR) is 64.4 cm³/mol. The van der Waals surface area contributed by atoms with E-state index >= 15 is 0 Å². The van der Waals surface area contributed by atoms with Crippen molar-refractivity contribution in [1.29, 1.82) is 0 Å². The summed E-state index contributed by atoms with van der Waals surface area (Å²) in [5, 5.41) is 11.9. The number of rotatable bonds is 6. The molecular weight excluding hydrogens is 218 g/mol. The van der Waals surface area contributed by atoms with Crippen LogP contribution >= 0.6 is 0 Å². The van der Waals surface area contributed by atoms with Gasteiger partial charge in [0.15, 0.2) is 0 Å². The van der Waals surface area contributed by atoms with Crippen LogP contribution in [-0.2, 0) is 9.53 Å². The first kappa shape index (κ1) is 12.6. The Morgan fingerprint density at radius 2 is 2.35 bits per heavy atom. The molecule has 1 amide bonds. The third-order valence-electron chi connectivity index (χ3n) is 3.81. The van der Waals surface area contributed by atoms with E-state index in [-0.39, 0.29) is 24.5 Å². The Kier molecular flexibility index (Phi) is 4.18. The van der Waals surface area contributed by atoms with Gasteiger partial charge in [-0.3, -0.25) is 4.79 Å². The van der Waals surface area contributed by atoms with Gasteiger partial charge in [-0.25, -0.2) is 0 Å². The Morgan fingerprint density at radius 1 is 1.53 bits per heavy atom. The summed E-state index contributed by atoms with van der Waals surface area (Å²) >= 11 is 0. The summed E-state index contributed by atoms with van der Waals surface area (Å²) in [7, 11) is 1.61. The van der Waals surface area contributed by atoms with E-state index in [9.17, 15) is 4.79 Å². The zero-order valence-corrected chi connectivity index (χ0v) is 10.3. The number of amides is 1. The van der Waals surface area contributed by atoms with Crippen molar-refractivity contribution < 1.29 is 14.6 Å². The zero-order valence-electron chi connectivity index (χ0n) is 10.3. The quantitative estimate of drug-likeness (QED) is 0.671. The van der Waals surface area contributed by atoms with Crippen LogP contribution in [0.5, 0.6) is 0 Å². The summed E-state index contributed by atoms with van der Waals surface area (Å²) in [4.78, 5) is 12.1. The maximum atomic E-state index is 12.1. The first-order chi connectivity index (χ1) is 8.24. The Balaban J connectivity index is 1.85. The molecule has 2 N–H and O–H groups in total. The molecule has 0 aliphatic heterocycles. The van der Waals surface area contributed by atoms with Gasteiger partial charge in [0.25, 0.3) is 0 Å². The lowest BCUT2D eigenvalue weighted by Crippen LogP contribution is -2.42. The number of hydrogen-bond acceptors (Lipinski definition) is 3. The first-order valence-corrected chi connectivity index (χ1v) is 6.33. The van der Waals surface area contributed by atoms with E-state index in [1.165, 1.54) is 0 Å². The molecule has 2 aliphatic rings. The van der Waals surface area contributed by atoms with Crippen molar-refractivity contribution in [2.24, 2.45) is 17.8 Å². The summed E-state index contributed by atoms with van der Waals surface area (Å²) in [5.41, 5.74) is 0. The number of nitrogens with one attached hydrogen (secondary N) is 1. The highest BCUT2D eigenvalue weighted by molar-refractivity contribution is 5.80. The molecule has 17 heavy (non-hydrogen) atoms. The molecule has 2 bridgehead atoms. The summed E-state index contributed by atoms with van der Waals surface area (Å²) in [6.45, 7) is 0.536. The Bertz CT molecular complexity index is 297. The lowest BCUT2D eigenvalue weighted by Gasteiger charge is -2.22. The third kappa shape index (κ3) is 2.87. The van der Waals surface area contributed by atoms with Crippen molar-refractivity contribution in [1.82, 2.24) is 5.32 Å². The van der Waals surface area contributed by atoms with Crippen molar-refractivity contribution in [2.45, 2.75) is 25.3 Å². The Morgan fingerprint density at radius 3 is 2.88 bits per heavy atom. The van der Waals surface area contributed by atoms with Crippen molar-refractivity contribution >= 4 is 5.91 Å². The van der Waals surface area contributed by atoms with E-state index in [0.717, 1.165) is 12.8 Å². The zero-order chi connectivity index (χ0) is 12.3. The monoisotopic (exact) mass is 239 g/mol. The largest absolute Gasteiger partial charge is 0.396 e. The van der Waals surface area contributed by atoms with Crippen molar-refractivity contribution in [3.05, 3.63) is 12.2 Å². The van der Waals surface area contributed by atoms with E-state index in [1.54, 1.807) is 7.11 Å². The third-order valence-corrected chi connectivity index (χ3v) is 3.81. The molecule has 2 aliphatic carbocycles. The minimum atomic E-state index is -0.0689. The lowest BCUT2D eigenvalue weighted by atomic mass is 9.92. The van der Waals surface area contributed by atoms with Crippen LogP contribution < -0.4 is 5.32 Å². The topological polar surface area (TPSA) is 58.6 Å². The number of carbonyl (C=O) groups excluding carboxylic acids is 1. The van der Waals surface area contributed by atoms with Gasteiger partial charge in [0.05, 0.1) is 12.6 Å². The van der Waals surface area contributed by atoms with E-state index in [2.05, 4.69) is 17.5 Å². The highest BCUT2D eigenvalue weighted by Crippen LogP contribution is 2.43. The fourth-order valence-corrected chi connectivity index (χ4v) is 2.94. The minimum absolute atomic E-state index is 0.0689. The smallest absolute Gasteiger partial charge is 0.224 e. The second kappa shape index (κ2) is 5.65. The van der Waals surface area contributed by atoms with Crippen molar-refractivity contribution in [3.8, 4) is 0 Å². The lowest BCUT2D eigenvalue weighted by molar-refractivity contribution is -0.126. The van der Waals surface area contributed by atoms with Gasteiger partial charge in [-0.1, -0.05) is 12.2 Å². The number of aliphatic hydroxyl groups excluding tert-OH is 1. The van der Waals surface area contributed by atoms with Gasteiger partial charge < -0.3 is 15.2 Å². The molecule has 0 radical (unpaired) electrons. The highest BCUT2D eigenvalue weighted by atomic mass is 16.5. The standard InChI is InChI=1S/C13H21NO3/c1-17-8-11(4-5-15)14-13(16)12-7-9-2-3-10(12)6-9/h2-3,9-12,15H,4-8H2,1H3,(H,14,16). The van der Waals surface area contributed by atoms with Gasteiger partial charge in [-0.15, -0.1) is 0 Å². The predicted octanol–water partition coefficient (Wildman–Crippen LogP) is 0.712. The fraction of sp³-hybridized carbons (Fsp3) is 0.769. The number of aliphatic hydroxyl groups is 1. The normalized spacial score (nSPS) is 31.8. The van der Waals surface area contributed by atoms with Gasteiger partial charge in [-0.2, -0.15) is 0 Å². The van der Waals surface area contributed by atoms with Crippen LogP contribution in [0.4, 0.5) is 0 Å². The van der Waals surface area contributed by atoms with Crippen LogP contribution in [-0.4, -0.2) is 37.4 Å². The maximum Gasteiger partial charge on any atom is 0.224 e.